The van der Waals surface area contributed by atoms with Crippen LogP contribution in [0.4, 0.5) is 0 Å². The van der Waals surface area contributed by atoms with Crippen LogP contribution in [0.2, 0.25) is 0 Å². The summed E-state index contributed by atoms with van der Waals surface area (Å²) >= 11 is 7.93. The van der Waals surface area contributed by atoms with Gasteiger partial charge in [0.1, 0.15) is 0 Å². The molecule has 15 heavy (non-hydrogen) atoms. The van der Waals surface area contributed by atoms with Crippen molar-refractivity contribution in [2.45, 2.75) is 12.5 Å². The number of halogens is 2. The topological polar surface area (TPSA) is 46.2 Å². The molecule has 1 aromatic heterocycles. The number of carbonyl (C=O) groups excluding carboxylic acids is 2. The number of Topliss-reactive ketones (excluding diaryl/α,β-unsaturated/α-hetero) is 1. The van der Waals surface area contributed by atoms with Gasteiger partial charge in [0.2, 0.25) is 5.91 Å². The Labute approximate surface area is 107 Å². The van der Waals surface area contributed by atoms with E-state index in [0.29, 0.717) is 6.42 Å². The Morgan fingerprint density at radius 3 is 3.07 bits per heavy atom. The molecule has 1 aliphatic rings. The minimum Gasteiger partial charge on any atom is -0.347 e. The van der Waals surface area contributed by atoms with Crippen molar-refractivity contribution in [2.24, 2.45) is 0 Å². The average Bonchev–Trinajstić information content (AvgIpc) is 2.68. The highest BCUT2D eigenvalue weighted by Gasteiger charge is 2.32. The standard InChI is InChI=1S/C9H7Br2NO2S/c10-3-8(14)12-5-2-6(13)4-1-7(11)15-9(4)5/h1,5H,2-3H2,(H,12,14). The fraction of sp³-hybridized carbons (Fsp3) is 0.333. The van der Waals surface area contributed by atoms with Gasteiger partial charge >= 0.3 is 0 Å². The lowest BCUT2D eigenvalue weighted by molar-refractivity contribution is -0.119. The van der Waals surface area contributed by atoms with Crippen molar-refractivity contribution in [1.29, 1.82) is 0 Å². The van der Waals surface area contributed by atoms with E-state index in [2.05, 4.69) is 37.2 Å². The van der Waals surface area contributed by atoms with Gasteiger partial charge in [-0.2, -0.15) is 0 Å². The van der Waals surface area contributed by atoms with E-state index in [0.717, 1.165) is 14.2 Å². The van der Waals surface area contributed by atoms with Gasteiger partial charge in [0.25, 0.3) is 0 Å². The first-order valence-corrected chi connectivity index (χ1v) is 7.02. The van der Waals surface area contributed by atoms with Crippen LogP contribution in [-0.2, 0) is 4.79 Å². The van der Waals surface area contributed by atoms with E-state index in [1.165, 1.54) is 11.3 Å². The van der Waals surface area contributed by atoms with Crippen molar-refractivity contribution in [3.8, 4) is 0 Å². The first-order chi connectivity index (χ1) is 7.11. The van der Waals surface area contributed by atoms with Crippen LogP contribution in [0.3, 0.4) is 0 Å². The van der Waals surface area contributed by atoms with E-state index in [1.54, 1.807) is 0 Å². The minimum absolute atomic E-state index is 0.0924. The maximum Gasteiger partial charge on any atom is 0.231 e. The summed E-state index contributed by atoms with van der Waals surface area (Å²) in [6.07, 6.45) is 0.382. The molecule has 0 spiro atoms. The molecule has 0 aliphatic heterocycles. The van der Waals surface area contributed by atoms with Gasteiger partial charge < -0.3 is 5.32 Å². The van der Waals surface area contributed by atoms with Crippen LogP contribution in [-0.4, -0.2) is 17.0 Å². The second-order valence-corrected chi connectivity index (χ2v) is 6.23. The molecular weight excluding hydrogens is 346 g/mol. The molecule has 0 aromatic carbocycles. The molecule has 3 nitrogen and oxygen atoms in total. The number of carbonyl (C=O) groups is 2. The van der Waals surface area contributed by atoms with Crippen molar-refractivity contribution in [3.63, 3.8) is 0 Å². The monoisotopic (exact) mass is 351 g/mol. The summed E-state index contributed by atoms with van der Waals surface area (Å²) in [5, 5.41) is 3.07. The Morgan fingerprint density at radius 2 is 2.40 bits per heavy atom. The van der Waals surface area contributed by atoms with Gasteiger partial charge in [0, 0.05) is 16.9 Å². The molecule has 0 bridgehead atoms. The van der Waals surface area contributed by atoms with Crippen LogP contribution in [0.15, 0.2) is 9.85 Å². The molecular formula is C9H7Br2NO2S. The number of thiophene rings is 1. The zero-order chi connectivity index (χ0) is 11.0. The Morgan fingerprint density at radius 1 is 1.67 bits per heavy atom. The van der Waals surface area contributed by atoms with Gasteiger partial charge in [-0.3, -0.25) is 9.59 Å². The Hall–Kier alpha value is -0.200. The lowest BCUT2D eigenvalue weighted by Crippen LogP contribution is -2.27. The molecule has 2 rings (SSSR count). The molecule has 1 amide bonds. The molecule has 0 radical (unpaired) electrons. The molecule has 1 N–H and O–H groups in total. The number of hydrogen-bond acceptors (Lipinski definition) is 3. The van der Waals surface area contributed by atoms with Crippen LogP contribution >= 0.6 is 43.2 Å². The maximum absolute atomic E-state index is 11.6. The third kappa shape index (κ3) is 2.16. The number of rotatable bonds is 2. The highest BCUT2D eigenvalue weighted by molar-refractivity contribution is 9.11. The lowest BCUT2D eigenvalue weighted by atomic mass is 10.2. The highest BCUT2D eigenvalue weighted by Crippen LogP contribution is 2.39. The zero-order valence-electron chi connectivity index (χ0n) is 7.55. The number of amides is 1. The Kier molecular flexibility index (Phi) is 3.27. The number of fused-ring (bicyclic) bond motifs is 1. The number of hydrogen-bond donors (Lipinski definition) is 1. The second-order valence-electron chi connectivity index (χ2n) is 3.21. The van der Waals surface area contributed by atoms with Crippen molar-refractivity contribution in [3.05, 3.63) is 20.3 Å². The first-order valence-electron chi connectivity index (χ1n) is 4.29. The molecule has 1 aliphatic carbocycles. The van der Waals surface area contributed by atoms with Gasteiger partial charge in [-0.1, -0.05) is 15.9 Å². The SMILES string of the molecule is O=C(CBr)NC1CC(=O)c2cc(Br)sc21. The quantitative estimate of drug-likeness (QED) is 0.832. The van der Waals surface area contributed by atoms with Gasteiger partial charge in [0.15, 0.2) is 5.78 Å². The third-order valence-corrected chi connectivity index (χ3v) is 4.45. The number of nitrogens with one attached hydrogen (secondary N) is 1. The molecule has 1 atom stereocenters. The summed E-state index contributed by atoms with van der Waals surface area (Å²) in [6, 6.07) is 1.68. The van der Waals surface area contributed by atoms with Crippen LogP contribution < -0.4 is 5.32 Å². The Balaban J connectivity index is 2.24. The summed E-state index contributed by atoms with van der Waals surface area (Å²) in [7, 11) is 0. The van der Waals surface area contributed by atoms with Crippen molar-refractivity contribution in [2.75, 3.05) is 5.33 Å². The predicted octanol–water partition coefficient (Wildman–Crippen LogP) is 2.65. The van der Waals surface area contributed by atoms with E-state index < -0.39 is 0 Å². The maximum atomic E-state index is 11.6. The van der Waals surface area contributed by atoms with Crippen LogP contribution in [0.25, 0.3) is 0 Å². The molecule has 1 heterocycles. The highest BCUT2D eigenvalue weighted by atomic mass is 79.9. The molecule has 0 saturated heterocycles. The zero-order valence-corrected chi connectivity index (χ0v) is 11.5. The number of alkyl halides is 1. The smallest absolute Gasteiger partial charge is 0.231 e. The minimum atomic E-state index is -0.145. The van der Waals surface area contributed by atoms with E-state index in [1.807, 2.05) is 6.07 Å². The van der Waals surface area contributed by atoms with Gasteiger partial charge in [-0.05, 0) is 22.0 Å². The molecule has 6 heteroatoms. The summed E-state index contributed by atoms with van der Waals surface area (Å²) in [5.74, 6) is 0.0111. The summed E-state index contributed by atoms with van der Waals surface area (Å²) < 4.78 is 0.929. The van der Waals surface area contributed by atoms with Crippen molar-refractivity contribution >= 4 is 54.9 Å². The average molecular weight is 353 g/mol. The molecule has 1 aromatic rings. The van der Waals surface area contributed by atoms with E-state index in [4.69, 9.17) is 0 Å². The van der Waals surface area contributed by atoms with Crippen LogP contribution in [0, 0.1) is 0 Å². The fourth-order valence-corrected chi connectivity index (χ4v) is 3.46. The van der Waals surface area contributed by atoms with Crippen molar-refractivity contribution in [1.82, 2.24) is 5.32 Å². The van der Waals surface area contributed by atoms with Crippen LogP contribution in [0.5, 0.6) is 0 Å². The second kappa shape index (κ2) is 4.35. The van der Waals surface area contributed by atoms with Gasteiger partial charge in [0.05, 0.1) is 15.2 Å². The van der Waals surface area contributed by atoms with E-state index in [-0.39, 0.29) is 23.1 Å². The van der Waals surface area contributed by atoms with Crippen molar-refractivity contribution < 1.29 is 9.59 Å². The first kappa shape index (κ1) is 11.3. The Bertz CT molecular complexity index is 430. The van der Waals surface area contributed by atoms with E-state index >= 15 is 0 Å². The van der Waals surface area contributed by atoms with Gasteiger partial charge in [-0.15, -0.1) is 11.3 Å². The molecule has 1 unspecified atom stereocenters. The summed E-state index contributed by atoms with van der Waals surface area (Å²) in [4.78, 5) is 23.8. The van der Waals surface area contributed by atoms with E-state index in [9.17, 15) is 9.59 Å². The largest absolute Gasteiger partial charge is 0.347 e. The molecule has 80 valence electrons. The lowest BCUT2D eigenvalue weighted by Gasteiger charge is -2.09. The third-order valence-electron chi connectivity index (χ3n) is 2.19. The molecule has 0 fully saturated rings. The van der Waals surface area contributed by atoms with Crippen LogP contribution in [0.1, 0.15) is 27.7 Å². The predicted molar refractivity (Wildman–Crippen MR) is 65.6 cm³/mol. The van der Waals surface area contributed by atoms with Gasteiger partial charge in [-0.25, -0.2) is 0 Å². The fourth-order valence-electron chi connectivity index (χ4n) is 1.59. The normalized spacial score (nSPS) is 19.1. The number of ketones is 1. The summed E-state index contributed by atoms with van der Waals surface area (Å²) in [6.45, 7) is 0. The molecule has 0 saturated carbocycles. The summed E-state index contributed by atoms with van der Waals surface area (Å²) in [5.41, 5.74) is 0.742.